The van der Waals surface area contributed by atoms with E-state index in [2.05, 4.69) is 175 Å². The first-order valence-corrected chi connectivity index (χ1v) is 32.2. The van der Waals surface area contributed by atoms with E-state index in [1.807, 2.05) is 0 Å². The maximum Gasteiger partial charge on any atom is -0.147 e. The quantitative estimate of drug-likeness (QED) is 0.139. The summed E-state index contributed by atoms with van der Waals surface area (Å²) >= 11 is -3.77. The van der Waals surface area contributed by atoms with Crippen molar-refractivity contribution in [3.8, 4) is 22.3 Å². The van der Waals surface area contributed by atoms with Crippen molar-refractivity contribution >= 4 is 43.8 Å². The summed E-state index contributed by atoms with van der Waals surface area (Å²) in [5.74, 6) is 0.532. The topological polar surface area (TPSA) is 0 Å². The van der Waals surface area contributed by atoms with Crippen LogP contribution in [0.25, 0.3) is 34.4 Å². The first kappa shape index (κ1) is 40.0. The number of hydrogen-bond acceptors (Lipinski definition) is 0. The van der Waals surface area contributed by atoms with E-state index in [1.54, 1.807) is 22.3 Å². The minimum absolute atomic E-state index is 0. The van der Waals surface area contributed by atoms with E-state index in [9.17, 15) is 0 Å². The van der Waals surface area contributed by atoms with Crippen LogP contribution in [0, 0.1) is 12.8 Å². The molecule has 0 amide bonds. The van der Waals surface area contributed by atoms with Gasteiger partial charge in [0.2, 0.25) is 0 Å². The summed E-state index contributed by atoms with van der Waals surface area (Å²) in [7, 11) is 0. The Morgan fingerprint density at radius 1 is 0.647 bits per heavy atom. The average Bonchev–Trinajstić information content (AvgIpc) is 3.78. The zero-order chi connectivity index (χ0) is 35.1. The first-order chi connectivity index (χ1) is 22.9. The molecule has 0 aliphatic heterocycles. The van der Waals surface area contributed by atoms with Gasteiger partial charge in [0.05, 0.1) is 0 Å². The van der Waals surface area contributed by atoms with E-state index in [4.69, 9.17) is 0 Å². The molecular formula is C47H58Cl2SiZr. The summed E-state index contributed by atoms with van der Waals surface area (Å²) in [6.07, 6.45) is 12.6. The molecule has 0 aromatic heterocycles. The van der Waals surface area contributed by atoms with E-state index in [1.165, 1.54) is 62.9 Å². The number of hydrogen-bond donors (Lipinski definition) is 0. The van der Waals surface area contributed by atoms with Crippen molar-refractivity contribution in [2.45, 2.75) is 95.6 Å². The smallest absolute Gasteiger partial charge is 0.147 e. The standard InChI is InChI=1S/C24H25.C21H23.2CH3.2ClH.H2Si.Zr/c1-24(2,3)21-13-11-18(12-14-21)22-10-6-9-19-15-20(16-23(19)22)17-7-4-5-8-17;1-14-12-19-15(2)6-11-18(20(19)13-14)16-7-9-17(10-8-16)21(3,4)5;;;;;;/h4,6-7,9-17H,5,8H2,1-3H3;6-13H,1-5H3;2*1H3;2*1H;1H2;. The van der Waals surface area contributed by atoms with Gasteiger partial charge in [0.25, 0.3) is 0 Å². The van der Waals surface area contributed by atoms with Crippen molar-refractivity contribution in [2.24, 2.45) is 5.92 Å². The van der Waals surface area contributed by atoms with Gasteiger partial charge in [0.15, 0.2) is 0 Å². The molecule has 3 unspecified atom stereocenters. The van der Waals surface area contributed by atoms with Gasteiger partial charge in [0.1, 0.15) is 0 Å². The molecule has 0 saturated heterocycles. The number of rotatable bonds is 5. The fraction of sp³-hybridized carbons (Fsp3) is 0.362. The largest absolute Gasteiger partial charge is 0.147 e. The second-order valence-corrected chi connectivity index (χ2v) is 49.1. The van der Waals surface area contributed by atoms with Crippen LogP contribution < -0.4 is 0 Å². The summed E-state index contributed by atoms with van der Waals surface area (Å²) in [5, 5.41) is 0. The zero-order valence-corrected chi connectivity index (χ0v) is 38.0. The van der Waals surface area contributed by atoms with E-state index in [0.717, 1.165) is 0 Å². The molecule has 7 rings (SSSR count). The third-order valence-corrected chi connectivity index (χ3v) is 29.7. The second-order valence-electron chi connectivity index (χ2n) is 18.7. The van der Waals surface area contributed by atoms with Crippen LogP contribution >= 0.6 is 24.8 Å². The van der Waals surface area contributed by atoms with E-state index < -0.39 is 17.4 Å². The Bertz CT molecular complexity index is 2130. The monoisotopic (exact) mass is 810 g/mol. The molecule has 3 aliphatic rings. The number of fused-ring (bicyclic) bond motifs is 2. The molecule has 3 atom stereocenters. The molecule has 0 spiro atoms. The van der Waals surface area contributed by atoms with E-state index in [0.29, 0.717) is 13.2 Å². The van der Waals surface area contributed by atoms with Crippen molar-refractivity contribution < 1.29 is 17.4 Å². The Kier molecular flexibility index (Phi) is 10.9. The molecule has 0 nitrogen and oxygen atoms in total. The average molecular weight is 813 g/mol. The van der Waals surface area contributed by atoms with Gasteiger partial charge in [-0.3, -0.25) is 0 Å². The SMILES string of the molecule is CC1=Cc2c(-c3ccc(C(C)(C)C)cc3)ccc(C)c2[CH]1[Zr]([CH3])([CH3])(=[SiH2])[CH]1C(C2C=CCC2)=Cc2c(-c3ccc(C(C)(C)C)cc3)cccc21.Cl.Cl. The van der Waals surface area contributed by atoms with Crippen LogP contribution in [-0.4, -0.2) is 6.88 Å². The van der Waals surface area contributed by atoms with Gasteiger partial charge < -0.3 is 0 Å². The maximum absolute atomic E-state index is 3.77. The number of benzene rings is 4. The Labute approximate surface area is 323 Å². The molecule has 0 radical (unpaired) electrons. The first-order valence-electron chi connectivity index (χ1n) is 18.6. The van der Waals surface area contributed by atoms with Crippen molar-refractivity contribution in [1.82, 2.24) is 0 Å². The third-order valence-electron chi connectivity index (χ3n) is 12.2. The summed E-state index contributed by atoms with van der Waals surface area (Å²) in [5.41, 5.74) is 19.4. The molecule has 0 fully saturated rings. The number of aryl methyl sites for hydroxylation is 1. The van der Waals surface area contributed by atoms with Crippen LogP contribution in [0.3, 0.4) is 0 Å². The molecule has 3 aliphatic carbocycles. The van der Waals surface area contributed by atoms with Crippen molar-refractivity contribution in [3.63, 3.8) is 0 Å². The molecule has 0 heterocycles. The van der Waals surface area contributed by atoms with Crippen LogP contribution in [0.15, 0.2) is 102 Å². The van der Waals surface area contributed by atoms with Gasteiger partial charge in [-0.1, -0.05) is 0 Å². The third kappa shape index (κ3) is 6.98. The zero-order valence-electron chi connectivity index (χ0n) is 32.5. The molecular weight excluding hydrogens is 755 g/mol. The normalized spacial score (nSPS) is 19.9. The van der Waals surface area contributed by atoms with Crippen LogP contribution in [0.5, 0.6) is 0 Å². The molecule has 4 aromatic carbocycles. The Morgan fingerprint density at radius 2 is 1.20 bits per heavy atom. The van der Waals surface area contributed by atoms with Gasteiger partial charge in [0, 0.05) is 0 Å². The van der Waals surface area contributed by atoms with Crippen LogP contribution in [0.2, 0.25) is 9.26 Å². The number of halogens is 2. The molecule has 268 valence electrons. The molecule has 51 heavy (non-hydrogen) atoms. The van der Waals surface area contributed by atoms with Gasteiger partial charge in [-0.25, -0.2) is 0 Å². The molecule has 0 N–H and O–H groups in total. The fourth-order valence-corrected chi connectivity index (χ4v) is 30.1. The van der Waals surface area contributed by atoms with E-state index >= 15 is 0 Å². The summed E-state index contributed by atoms with van der Waals surface area (Å²) in [4.78, 5) is 0. The predicted octanol–water partition coefficient (Wildman–Crippen LogP) is 13.7. The van der Waals surface area contributed by atoms with Crippen molar-refractivity contribution in [1.29, 1.82) is 0 Å². The predicted molar refractivity (Wildman–Crippen MR) is 230 cm³/mol. The molecule has 4 heteroatoms. The van der Waals surface area contributed by atoms with Crippen LogP contribution in [0.1, 0.15) is 108 Å². The summed E-state index contributed by atoms with van der Waals surface area (Å²) < 4.78 is 6.61. The van der Waals surface area contributed by atoms with Gasteiger partial charge in [-0.2, -0.15) is 0 Å². The number of allylic oxidation sites excluding steroid dienone is 4. The molecule has 0 bridgehead atoms. The Hall–Kier alpha value is -2.22. The maximum atomic E-state index is 2.80. The Balaban J connectivity index is 0.00000252. The summed E-state index contributed by atoms with van der Waals surface area (Å²) in [6, 6.07) is 30.8. The summed E-state index contributed by atoms with van der Waals surface area (Å²) in [6.45, 7) is 21.1. The Morgan fingerprint density at radius 3 is 1.71 bits per heavy atom. The van der Waals surface area contributed by atoms with Gasteiger partial charge in [-0.05, 0) is 0 Å². The molecule has 4 aromatic rings. The minimum atomic E-state index is -3.77. The second kappa shape index (κ2) is 13.9. The van der Waals surface area contributed by atoms with Crippen LogP contribution in [0.4, 0.5) is 0 Å². The van der Waals surface area contributed by atoms with Gasteiger partial charge in [-0.15, -0.1) is 24.8 Å². The minimum Gasteiger partial charge on any atom is -0.147 e. The molecule has 0 saturated carbocycles. The van der Waals surface area contributed by atoms with Crippen molar-refractivity contribution in [3.05, 3.63) is 141 Å². The van der Waals surface area contributed by atoms with E-state index in [-0.39, 0.29) is 35.6 Å². The van der Waals surface area contributed by atoms with Crippen LogP contribution in [-0.2, 0) is 28.2 Å². The van der Waals surface area contributed by atoms with Gasteiger partial charge >= 0.3 is 301 Å². The van der Waals surface area contributed by atoms with Crippen molar-refractivity contribution in [2.75, 3.05) is 0 Å². The fourth-order valence-electron chi connectivity index (χ4n) is 9.73.